The van der Waals surface area contributed by atoms with Crippen LogP contribution in [-0.2, 0) is 14.3 Å². The van der Waals surface area contributed by atoms with E-state index in [0.717, 1.165) is 0 Å². The minimum atomic E-state index is -0.373. The maximum absolute atomic E-state index is 12.0. The normalized spacial score (nSPS) is 16.6. The summed E-state index contributed by atoms with van der Waals surface area (Å²) in [5.74, 6) is 1.03. The number of halogens is 1. The van der Waals surface area contributed by atoms with Crippen molar-refractivity contribution in [1.82, 2.24) is 0 Å². The van der Waals surface area contributed by atoms with Crippen LogP contribution in [0.3, 0.4) is 0 Å². The van der Waals surface area contributed by atoms with Gasteiger partial charge in [0.2, 0.25) is 5.76 Å². The Morgan fingerprint density at radius 3 is 2.45 bits per heavy atom. The van der Waals surface area contributed by atoms with E-state index in [0.29, 0.717) is 48.1 Å². The third-order valence-corrected chi connectivity index (χ3v) is 3.41. The van der Waals surface area contributed by atoms with Gasteiger partial charge in [-0.25, -0.2) is 0 Å². The molecule has 0 radical (unpaired) electrons. The van der Waals surface area contributed by atoms with Gasteiger partial charge in [0, 0.05) is 16.6 Å². The highest BCUT2D eigenvalue weighted by atomic mass is 79.9. The van der Waals surface area contributed by atoms with Gasteiger partial charge < -0.3 is 24.3 Å². The number of ether oxygens (including phenoxy) is 4. The van der Waals surface area contributed by atoms with Gasteiger partial charge in [0.25, 0.3) is 5.91 Å². The predicted molar refractivity (Wildman–Crippen MR) is 73.7 cm³/mol. The molecule has 1 amide bonds. The molecule has 106 valence electrons. The molecule has 0 saturated heterocycles. The molecule has 0 fully saturated rings. The second-order valence-corrected chi connectivity index (χ2v) is 4.99. The number of amides is 1. The van der Waals surface area contributed by atoms with Crippen molar-refractivity contribution in [2.75, 3.05) is 31.7 Å². The van der Waals surface area contributed by atoms with E-state index in [1.807, 2.05) is 0 Å². The lowest BCUT2D eigenvalue weighted by molar-refractivity contribution is -0.117. The van der Waals surface area contributed by atoms with Gasteiger partial charge >= 0.3 is 0 Å². The molecule has 0 saturated carbocycles. The molecule has 0 bridgehead atoms. The number of carbonyl (C=O) groups excluding carboxylic acids is 1. The zero-order valence-electron chi connectivity index (χ0n) is 10.5. The van der Waals surface area contributed by atoms with E-state index < -0.39 is 0 Å². The van der Waals surface area contributed by atoms with Gasteiger partial charge in [-0.3, -0.25) is 4.79 Å². The lowest BCUT2D eigenvalue weighted by Crippen LogP contribution is -2.21. The Morgan fingerprint density at radius 1 is 1.05 bits per heavy atom. The molecule has 0 aromatic heterocycles. The van der Waals surface area contributed by atoms with Crippen LogP contribution in [0.4, 0.5) is 5.69 Å². The maximum Gasteiger partial charge on any atom is 0.294 e. The quantitative estimate of drug-likeness (QED) is 0.891. The fourth-order valence-electron chi connectivity index (χ4n) is 1.83. The van der Waals surface area contributed by atoms with Crippen LogP contribution >= 0.6 is 15.9 Å². The van der Waals surface area contributed by atoms with Gasteiger partial charge in [-0.1, -0.05) is 0 Å². The minimum absolute atomic E-state index is 0.151. The largest absolute Gasteiger partial charge is 0.494 e. The Morgan fingerprint density at radius 2 is 1.75 bits per heavy atom. The van der Waals surface area contributed by atoms with Crippen molar-refractivity contribution in [2.24, 2.45) is 0 Å². The molecule has 3 rings (SSSR count). The highest BCUT2D eigenvalue weighted by Crippen LogP contribution is 2.38. The summed E-state index contributed by atoms with van der Waals surface area (Å²) < 4.78 is 21.9. The Kier molecular flexibility index (Phi) is 3.68. The second kappa shape index (κ2) is 5.62. The highest BCUT2D eigenvalue weighted by molar-refractivity contribution is 9.10. The van der Waals surface area contributed by atoms with Crippen LogP contribution in [0, 0.1) is 0 Å². The summed E-state index contributed by atoms with van der Waals surface area (Å²) in [4.78, 5) is 12.0. The van der Waals surface area contributed by atoms with E-state index in [-0.39, 0.29) is 11.7 Å². The summed E-state index contributed by atoms with van der Waals surface area (Å²) in [6.07, 6.45) is 1.31. The van der Waals surface area contributed by atoms with Crippen molar-refractivity contribution in [2.45, 2.75) is 0 Å². The van der Waals surface area contributed by atoms with E-state index in [1.54, 1.807) is 12.1 Å². The number of rotatable bonds is 2. The zero-order valence-corrected chi connectivity index (χ0v) is 12.1. The van der Waals surface area contributed by atoms with Crippen LogP contribution < -0.4 is 14.8 Å². The molecule has 0 atom stereocenters. The first kappa shape index (κ1) is 13.1. The summed E-state index contributed by atoms with van der Waals surface area (Å²) in [6, 6.07) is 3.47. The molecule has 1 N–H and O–H groups in total. The first-order valence-corrected chi connectivity index (χ1v) is 6.88. The van der Waals surface area contributed by atoms with Crippen LogP contribution in [0.1, 0.15) is 0 Å². The van der Waals surface area contributed by atoms with Gasteiger partial charge in [0.05, 0.1) is 5.69 Å². The Balaban J connectivity index is 1.80. The molecule has 0 aliphatic carbocycles. The monoisotopic (exact) mass is 341 g/mol. The number of carbonyl (C=O) groups is 1. The van der Waals surface area contributed by atoms with Crippen LogP contribution in [0.2, 0.25) is 0 Å². The van der Waals surface area contributed by atoms with E-state index in [1.165, 1.54) is 6.26 Å². The van der Waals surface area contributed by atoms with Gasteiger partial charge in [-0.2, -0.15) is 0 Å². The molecule has 1 aromatic rings. The smallest absolute Gasteiger partial charge is 0.294 e. The van der Waals surface area contributed by atoms with Gasteiger partial charge in [-0.15, -0.1) is 0 Å². The lowest BCUT2D eigenvalue weighted by atomic mass is 10.2. The zero-order chi connectivity index (χ0) is 13.9. The molecule has 6 nitrogen and oxygen atoms in total. The number of hydrogen-bond donors (Lipinski definition) is 1. The molecule has 0 spiro atoms. The summed E-state index contributed by atoms with van der Waals surface area (Å²) in [5, 5.41) is 2.74. The van der Waals surface area contributed by atoms with Gasteiger partial charge in [0.15, 0.2) is 11.5 Å². The Labute approximate surface area is 123 Å². The molecule has 1 aromatic carbocycles. The molecule has 2 heterocycles. The van der Waals surface area contributed by atoms with E-state index in [2.05, 4.69) is 21.2 Å². The van der Waals surface area contributed by atoms with Crippen molar-refractivity contribution in [1.29, 1.82) is 0 Å². The predicted octanol–water partition coefficient (Wildman–Crippen LogP) is 2.05. The van der Waals surface area contributed by atoms with Crippen LogP contribution in [0.5, 0.6) is 11.5 Å². The van der Waals surface area contributed by atoms with Gasteiger partial charge in [-0.05, 0) is 15.9 Å². The van der Waals surface area contributed by atoms with Crippen molar-refractivity contribution >= 4 is 27.5 Å². The summed E-state index contributed by atoms with van der Waals surface area (Å²) >= 11 is 3.39. The number of fused-ring (bicyclic) bond motifs is 1. The summed E-state index contributed by atoms with van der Waals surface area (Å²) in [7, 11) is 0. The Bertz CT molecular complexity index is 572. The van der Waals surface area contributed by atoms with Crippen molar-refractivity contribution in [3.63, 3.8) is 0 Å². The number of anilines is 1. The number of hydrogen-bond acceptors (Lipinski definition) is 5. The lowest BCUT2D eigenvalue weighted by Gasteiger charge is -2.20. The van der Waals surface area contributed by atoms with E-state index in [9.17, 15) is 4.79 Å². The highest BCUT2D eigenvalue weighted by Gasteiger charge is 2.19. The van der Waals surface area contributed by atoms with Gasteiger partial charge in [0.1, 0.15) is 32.7 Å². The third-order valence-electron chi connectivity index (χ3n) is 2.75. The molecule has 0 unspecified atom stereocenters. The molecule has 2 aliphatic rings. The molecular weight excluding hydrogens is 330 g/mol. The van der Waals surface area contributed by atoms with E-state index in [4.69, 9.17) is 18.9 Å². The minimum Gasteiger partial charge on any atom is -0.494 e. The first-order valence-electron chi connectivity index (χ1n) is 6.09. The standard InChI is InChI=1S/C13H12BrNO5/c14-8-5-10-11(19-4-3-18-10)6-9(8)15-13(16)12-7-17-1-2-20-12/h5-7H,1-4H2,(H,15,16). The van der Waals surface area contributed by atoms with Crippen molar-refractivity contribution in [3.05, 3.63) is 28.6 Å². The molecule has 20 heavy (non-hydrogen) atoms. The maximum atomic E-state index is 12.0. The summed E-state index contributed by atoms with van der Waals surface area (Å²) in [6.45, 7) is 1.82. The Hall–Kier alpha value is -1.89. The van der Waals surface area contributed by atoms with Crippen LogP contribution in [0.15, 0.2) is 28.6 Å². The van der Waals surface area contributed by atoms with Crippen LogP contribution in [-0.4, -0.2) is 32.3 Å². The SMILES string of the molecule is O=C(Nc1cc2c(cc1Br)OCCO2)C1=COCCO1. The average molecular weight is 342 g/mol. The average Bonchev–Trinajstić information content (AvgIpc) is 2.49. The van der Waals surface area contributed by atoms with Crippen molar-refractivity contribution < 1.29 is 23.7 Å². The first-order chi connectivity index (χ1) is 9.74. The number of benzene rings is 1. The van der Waals surface area contributed by atoms with E-state index >= 15 is 0 Å². The molecule has 7 heteroatoms. The fraction of sp³-hybridized carbons (Fsp3) is 0.308. The third kappa shape index (κ3) is 2.67. The molecule has 2 aliphatic heterocycles. The van der Waals surface area contributed by atoms with Crippen LogP contribution in [0.25, 0.3) is 0 Å². The summed E-state index contributed by atoms with van der Waals surface area (Å²) in [5.41, 5.74) is 0.578. The fourth-order valence-corrected chi connectivity index (χ4v) is 2.25. The van der Waals surface area contributed by atoms with Crippen molar-refractivity contribution in [3.8, 4) is 11.5 Å². The number of nitrogens with one attached hydrogen (secondary N) is 1. The topological polar surface area (TPSA) is 66.0 Å². The second-order valence-electron chi connectivity index (χ2n) is 4.13. The molecular formula is C13H12BrNO5.